The van der Waals surface area contributed by atoms with Gasteiger partial charge in [0.05, 0.1) is 6.10 Å². The van der Waals surface area contributed by atoms with Crippen molar-refractivity contribution in [2.75, 3.05) is 0 Å². The van der Waals surface area contributed by atoms with E-state index in [9.17, 15) is 19.8 Å². The minimum Gasteiger partial charge on any atom is -0.478 e. The minimum atomic E-state index is -0.862. The first-order valence-electron chi connectivity index (χ1n) is 14.7. The van der Waals surface area contributed by atoms with Crippen molar-refractivity contribution in [2.24, 2.45) is 38.9 Å². The number of hydrogen-bond acceptors (Lipinski definition) is 4. The van der Waals surface area contributed by atoms with E-state index in [1.54, 1.807) is 6.92 Å². The van der Waals surface area contributed by atoms with E-state index in [0.717, 1.165) is 44.9 Å². The first kappa shape index (κ1) is 29.1. The highest BCUT2D eigenvalue weighted by atomic mass is 16.5. The molecular formula is C33H50O5. The lowest BCUT2D eigenvalue weighted by Gasteiger charge is -2.63. The van der Waals surface area contributed by atoms with E-state index < -0.39 is 5.97 Å². The number of aliphatic hydroxyl groups is 1. The van der Waals surface area contributed by atoms with Crippen LogP contribution in [0, 0.1) is 38.9 Å². The molecule has 0 heterocycles. The van der Waals surface area contributed by atoms with Gasteiger partial charge >= 0.3 is 11.9 Å². The van der Waals surface area contributed by atoms with Gasteiger partial charge in [-0.2, -0.15) is 0 Å². The molecule has 38 heavy (non-hydrogen) atoms. The molecule has 2 N–H and O–H groups in total. The van der Waals surface area contributed by atoms with Crippen LogP contribution in [0.25, 0.3) is 0 Å². The highest BCUT2D eigenvalue weighted by Crippen LogP contribution is 2.75. The van der Waals surface area contributed by atoms with Crippen LogP contribution in [0.15, 0.2) is 34.9 Å². The zero-order valence-electron chi connectivity index (χ0n) is 25.1. The third kappa shape index (κ3) is 3.89. The van der Waals surface area contributed by atoms with Crippen LogP contribution in [0.3, 0.4) is 0 Å². The summed E-state index contributed by atoms with van der Waals surface area (Å²) in [7, 11) is 0. The molecule has 8 atom stereocenters. The Bertz CT molecular complexity index is 1100. The summed E-state index contributed by atoms with van der Waals surface area (Å²) in [6.45, 7) is 19.4. The van der Waals surface area contributed by atoms with E-state index in [4.69, 9.17) is 4.74 Å². The van der Waals surface area contributed by atoms with E-state index in [1.165, 1.54) is 18.1 Å². The second-order valence-electron chi connectivity index (χ2n) is 14.4. The minimum absolute atomic E-state index is 0.0701. The van der Waals surface area contributed by atoms with Crippen molar-refractivity contribution >= 4 is 11.9 Å². The second-order valence-corrected chi connectivity index (χ2v) is 14.4. The second kappa shape index (κ2) is 9.35. The van der Waals surface area contributed by atoms with Crippen molar-refractivity contribution in [3.63, 3.8) is 0 Å². The molecule has 1 unspecified atom stereocenters. The number of carboxylic acids is 1. The number of rotatable bonds is 6. The lowest BCUT2D eigenvalue weighted by Crippen LogP contribution is -2.60. The Balaban J connectivity index is 1.80. The zero-order valence-corrected chi connectivity index (χ0v) is 25.1. The molecule has 4 aliphatic carbocycles. The van der Waals surface area contributed by atoms with Crippen LogP contribution >= 0.6 is 0 Å². The van der Waals surface area contributed by atoms with Gasteiger partial charge in [-0.1, -0.05) is 60.6 Å². The van der Waals surface area contributed by atoms with Crippen molar-refractivity contribution in [3.05, 3.63) is 34.9 Å². The number of aliphatic hydroxyl groups excluding tert-OH is 1. The Morgan fingerprint density at radius 3 is 2.34 bits per heavy atom. The van der Waals surface area contributed by atoms with Crippen LogP contribution in [-0.2, 0) is 14.3 Å². The third-order valence-electron chi connectivity index (χ3n) is 12.7. The van der Waals surface area contributed by atoms with Gasteiger partial charge in [-0.05, 0) is 97.2 Å². The average molecular weight is 527 g/mol. The molecule has 0 saturated heterocycles. The lowest BCUT2D eigenvalue weighted by atomic mass is 9.42. The molecule has 4 aliphatic rings. The molecule has 0 aliphatic heterocycles. The SMILES string of the molecule is CC(=O)O[C@@H]1C=C2C(=CCC3C(C)(C)[C@@H](O)CC[C@]23C)[C@]2(C)CC[C@](C)([C@H](C)CC/C=C(/C)C(=O)O)[C@@]12C. The Labute approximate surface area is 229 Å². The van der Waals surface area contributed by atoms with Crippen molar-refractivity contribution in [3.8, 4) is 0 Å². The number of hydrogen-bond donors (Lipinski definition) is 2. The number of carbonyl (C=O) groups excluding carboxylic acids is 1. The van der Waals surface area contributed by atoms with Crippen LogP contribution < -0.4 is 0 Å². The summed E-state index contributed by atoms with van der Waals surface area (Å²) < 4.78 is 6.26. The van der Waals surface area contributed by atoms with Gasteiger partial charge in [-0.25, -0.2) is 4.79 Å². The van der Waals surface area contributed by atoms with Crippen molar-refractivity contribution in [1.82, 2.24) is 0 Å². The Morgan fingerprint density at radius 2 is 1.74 bits per heavy atom. The molecule has 0 aromatic rings. The summed E-state index contributed by atoms with van der Waals surface area (Å²) in [5.41, 5.74) is 2.36. The number of fused-ring (bicyclic) bond motifs is 5. The number of aliphatic carboxylic acids is 1. The molecule has 5 heteroatoms. The Morgan fingerprint density at radius 1 is 1.08 bits per heavy atom. The molecule has 0 spiro atoms. The van der Waals surface area contributed by atoms with Crippen LogP contribution in [0.4, 0.5) is 0 Å². The smallest absolute Gasteiger partial charge is 0.330 e. The maximum absolute atomic E-state index is 12.5. The van der Waals surface area contributed by atoms with Gasteiger partial charge in [0.25, 0.3) is 0 Å². The molecule has 0 amide bonds. The van der Waals surface area contributed by atoms with Crippen molar-refractivity contribution in [2.45, 2.75) is 119 Å². The molecule has 4 rings (SSSR count). The van der Waals surface area contributed by atoms with Crippen LogP contribution in [-0.4, -0.2) is 34.4 Å². The standard InChI is InChI=1S/C33H50O5/c1-20(28(36)37)11-10-12-21(2)31(7)17-18-32(8)23-13-14-25-29(4,5)26(35)15-16-30(25,6)24(23)19-27(33(31,32)9)38-22(3)34/h11,13,19,21,25-27,35H,10,12,14-18H2,1-9H3,(H,36,37)/b20-11-/t21-,25?,26+,27-,30-,31-,32+,33-/m1/s1. The normalized spacial score (nSPS) is 42.7. The molecule has 2 fully saturated rings. The predicted molar refractivity (Wildman–Crippen MR) is 150 cm³/mol. The quantitative estimate of drug-likeness (QED) is 0.281. The molecule has 5 nitrogen and oxygen atoms in total. The number of allylic oxidation sites excluding steroid dienone is 4. The van der Waals surface area contributed by atoms with Gasteiger partial charge < -0.3 is 14.9 Å². The fourth-order valence-corrected chi connectivity index (χ4v) is 9.45. The molecule has 0 radical (unpaired) electrons. The molecule has 0 bridgehead atoms. The predicted octanol–water partition coefficient (Wildman–Crippen LogP) is 7.25. The Hall–Kier alpha value is -1.88. The number of esters is 1. The first-order chi connectivity index (χ1) is 17.5. The highest BCUT2D eigenvalue weighted by Gasteiger charge is 2.70. The zero-order chi connectivity index (χ0) is 28.5. The fraction of sp³-hybridized carbons (Fsp3) is 0.758. The monoisotopic (exact) mass is 526 g/mol. The Kier molecular flexibility index (Phi) is 7.16. The van der Waals surface area contributed by atoms with Crippen LogP contribution in [0.5, 0.6) is 0 Å². The van der Waals surface area contributed by atoms with E-state index >= 15 is 0 Å². The van der Waals surface area contributed by atoms with Crippen molar-refractivity contribution in [1.29, 1.82) is 0 Å². The van der Waals surface area contributed by atoms with E-state index in [-0.39, 0.29) is 45.3 Å². The van der Waals surface area contributed by atoms with Gasteiger partial charge in [0.1, 0.15) is 6.10 Å². The van der Waals surface area contributed by atoms with Crippen LogP contribution in [0.1, 0.15) is 107 Å². The van der Waals surface area contributed by atoms with Gasteiger partial charge in [-0.15, -0.1) is 0 Å². The molecule has 0 aromatic heterocycles. The van der Waals surface area contributed by atoms with E-state index in [0.29, 0.717) is 17.4 Å². The number of ether oxygens (including phenoxy) is 1. The summed E-state index contributed by atoms with van der Waals surface area (Å²) in [4.78, 5) is 23.8. The summed E-state index contributed by atoms with van der Waals surface area (Å²) in [6, 6.07) is 0. The largest absolute Gasteiger partial charge is 0.478 e. The topological polar surface area (TPSA) is 83.8 Å². The lowest BCUT2D eigenvalue weighted by molar-refractivity contribution is -0.165. The molecule has 0 aromatic carbocycles. The number of carboxylic acid groups (broad SMARTS) is 1. The van der Waals surface area contributed by atoms with Gasteiger partial charge in [0, 0.05) is 23.3 Å². The summed E-state index contributed by atoms with van der Waals surface area (Å²) >= 11 is 0. The molecule has 2 saturated carbocycles. The van der Waals surface area contributed by atoms with E-state index in [1.807, 2.05) is 6.08 Å². The average Bonchev–Trinajstić information content (AvgIpc) is 3.05. The summed E-state index contributed by atoms with van der Waals surface area (Å²) in [6.07, 6.45) is 12.3. The summed E-state index contributed by atoms with van der Waals surface area (Å²) in [5.74, 6) is -0.465. The van der Waals surface area contributed by atoms with Gasteiger partial charge in [0.2, 0.25) is 0 Å². The summed E-state index contributed by atoms with van der Waals surface area (Å²) in [5, 5.41) is 20.2. The van der Waals surface area contributed by atoms with E-state index in [2.05, 4.69) is 60.6 Å². The van der Waals surface area contributed by atoms with Gasteiger partial charge in [0.15, 0.2) is 0 Å². The van der Waals surface area contributed by atoms with Gasteiger partial charge in [-0.3, -0.25) is 4.79 Å². The maximum atomic E-state index is 12.5. The molecular weight excluding hydrogens is 476 g/mol. The molecule has 212 valence electrons. The first-order valence-corrected chi connectivity index (χ1v) is 14.7. The van der Waals surface area contributed by atoms with Crippen LogP contribution in [0.2, 0.25) is 0 Å². The van der Waals surface area contributed by atoms with Crippen molar-refractivity contribution < 1.29 is 24.5 Å². The number of carbonyl (C=O) groups is 2. The third-order valence-corrected chi connectivity index (χ3v) is 12.7. The maximum Gasteiger partial charge on any atom is 0.330 e. The highest BCUT2D eigenvalue weighted by molar-refractivity contribution is 5.85. The fourth-order valence-electron chi connectivity index (χ4n) is 9.45.